The van der Waals surface area contributed by atoms with Gasteiger partial charge in [0.1, 0.15) is 11.0 Å². The molecule has 2 atom stereocenters. The van der Waals surface area contributed by atoms with Crippen molar-refractivity contribution in [2.45, 2.75) is 57.0 Å². The topological polar surface area (TPSA) is 102 Å². The van der Waals surface area contributed by atoms with Crippen LogP contribution in [0.2, 0.25) is 5.15 Å². The Hall–Kier alpha value is -1.76. The standard InChI is InChI=1S/C17H27ClN8/c18-15-12-16(26-10-3-1-2-4-11-26)24-17(23-15)22-14-7-9-20-13(14)6-5-8-21-25-19/h12-14,20H,1-11H2,(H,22,23,24)/t13-,14+/m1/s1. The predicted octanol–water partition coefficient (Wildman–Crippen LogP) is 3.74. The van der Waals surface area contributed by atoms with Crippen molar-refractivity contribution in [2.24, 2.45) is 5.11 Å². The highest BCUT2D eigenvalue weighted by molar-refractivity contribution is 6.29. The minimum atomic E-state index is 0.261. The second-order valence-corrected chi connectivity index (χ2v) is 7.36. The van der Waals surface area contributed by atoms with Crippen molar-refractivity contribution in [3.8, 4) is 0 Å². The van der Waals surface area contributed by atoms with Gasteiger partial charge in [0.15, 0.2) is 0 Å². The first-order valence-corrected chi connectivity index (χ1v) is 9.94. The number of halogens is 1. The summed E-state index contributed by atoms with van der Waals surface area (Å²) < 4.78 is 0. The molecule has 0 radical (unpaired) electrons. The van der Waals surface area contributed by atoms with E-state index in [4.69, 9.17) is 22.1 Å². The lowest BCUT2D eigenvalue weighted by molar-refractivity contribution is 0.508. The molecule has 2 fully saturated rings. The van der Waals surface area contributed by atoms with Gasteiger partial charge in [0, 0.05) is 42.7 Å². The predicted molar refractivity (Wildman–Crippen MR) is 105 cm³/mol. The number of azide groups is 1. The van der Waals surface area contributed by atoms with Crippen LogP contribution in [0, 0.1) is 0 Å². The zero-order valence-corrected chi connectivity index (χ0v) is 15.8. The fourth-order valence-corrected chi connectivity index (χ4v) is 3.95. The fraction of sp³-hybridized carbons (Fsp3) is 0.765. The highest BCUT2D eigenvalue weighted by atomic mass is 35.5. The van der Waals surface area contributed by atoms with E-state index in [1.165, 1.54) is 25.7 Å². The maximum Gasteiger partial charge on any atom is 0.226 e. The monoisotopic (exact) mass is 378 g/mol. The highest BCUT2D eigenvalue weighted by Crippen LogP contribution is 2.23. The molecule has 0 aromatic carbocycles. The normalized spacial score (nSPS) is 23.3. The van der Waals surface area contributed by atoms with Gasteiger partial charge in [-0.3, -0.25) is 0 Å². The van der Waals surface area contributed by atoms with E-state index in [1.807, 2.05) is 6.07 Å². The van der Waals surface area contributed by atoms with E-state index >= 15 is 0 Å². The first kappa shape index (κ1) is 19.0. The summed E-state index contributed by atoms with van der Waals surface area (Å²) in [6, 6.07) is 2.45. The third kappa shape index (κ3) is 5.37. The van der Waals surface area contributed by atoms with E-state index < -0.39 is 0 Å². The van der Waals surface area contributed by atoms with E-state index in [0.29, 0.717) is 23.7 Å². The molecule has 2 saturated heterocycles. The smallest absolute Gasteiger partial charge is 0.226 e. The van der Waals surface area contributed by atoms with Gasteiger partial charge in [0.05, 0.1) is 0 Å². The van der Waals surface area contributed by atoms with Gasteiger partial charge in [-0.25, -0.2) is 4.98 Å². The quantitative estimate of drug-likeness (QED) is 0.247. The SMILES string of the molecule is [N-]=[N+]=NCCC[C@H]1NCC[C@@H]1Nc1nc(Cl)cc(N2CCCCCC2)n1. The molecule has 0 amide bonds. The third-order valence-corrected chi connectivity index (χ3v) is 5.30. The molecule has 1 aromatic heterocycles. The van der Waals surface area contributed by atoms with Crippen molar-refractivity contribution in [3.05, 3.63) is 21.7 Å². The Morgan fingerprint density at radius 1 is 1.31 bits per heavy atom. The first-order chi connectivity index (χ1) is 12.8. The van der Waals surface area contributed by atoms with Gasteiger partial charge >= 0.3 is 0 Å². The van der Waals surface area contributed by atoms with Gasteiger partial charge in [-0.15, -0.1) is 0 Å². The molecule has 8 nitrogen and oxygen atoms in total. The van der Waals surface area contributed by atoms with Crippen LogP contribution < -0.4 is 15.5 Å². The number of rotatable bonds is 7. The first-order valence-electron chi connectivity index (χ1n) is 9.56. The molecule has 2 aliphatic rings. The number of hydrogen-bond acceptors (Lipinski definition) is 6. The molecular weight excluding hydrogens is 352 g/mol. The van der Waals surface area contributed by atoms with E-state index in [9.17, 15) is 0 Å². The largest absolute Gasteiger partial charge is 0.356 e. The van der Waals surface area contributed by atoms with Crippen LogP contribution in [0.5, 0.6) is 0 Å². The van der Waals surface area contributed by atoms with Gasteiger partial charge < -0.3 is 15.5 Å². The molecule has 0 unspecified atom stereocenters. The number of nitrogens with zero attached hydrogens (tertiary/aromatic N) is 6. The zero-order chi connectivity index (χ0) is 18.2. The summed E-state index contributed by atoms with van der Waals surface area (Å²) in [5, 5.41) is 11.1. The Morgan fingerprint density at radius 3 is 2.88 bits per heavy atom. The lowest BCUT2D eigenvalue weighted by Gasteiger charge is -2.24. The number of anilines is 2. The van der Waals surface area contributed by atoms with E-state index in [2.05, 4.69) is 30.5 Å². The molecule has 142 valence electrons. The van der Waals surface area contributed by atoms with Crippen LogP contribution in [0.3, 0.4) is 0 Å². The summed E-state index contributed by atoms with van der Waals surface area (Å²) in [6.45, 7) is 3.55. The second kappa shape index (κ2) is 9.80. The number of hydrogen-bond donors (Lipinski definition) is 2. The molecule has 9 heteroatoms. The summed E-state index contributed by atoms with van der Waals surface area (Å²) in [5.74, 6) is 1.52. The molecule has 0 saturated carbocycles. The highest BCUT2D eigenvalue weighted by Gasteiger charge is 2.27. The molecule has 1 aromatic rings. The Labute approximate surface area is 159 Å². The summed E-state index contributed by atoms with van der Waals surface area (Å²) in [4.78, 5) is 14.2. The Kier molecular flexibility index (Phi) is 7.17. The molecule has 0 spiro atoms. The average molecular weight is 379 g/mol. The van der Waals surface area contributed by atoms with Crippen molar-refractivity contribution in [1.82, 2.24) is 15.3 Å². The van der Waals surface area contributed by atoms with Gasteiger partial charge in [0.2, 0.25) is 5.95 Å². The number of nitrogens with one attached hydrogen (secondary N) is 2. The van der Waals surface area contributed by atoms with E-state index in [0.717, 1.165) is 44.7 Å². The van der Waals surface area contributed by atoms with Crippen LogP contribution in [0.4, 0.5) is 11.8 Å². The van der Waals surface area contributed by atoms with Crippen LogP contribution in [0.1, 0.15) is 44.9 Å². The lowest BCUT2D eigenvalue weighted by Crippen LogP contribution is -2.36. The van der Waals surface area contributed by atoms with Crippen molar-refractivity contribution in [1.29, 1.82) is 0 Å². The van der Waals surface area contributed by atoms with Crippen LogP contribution in [-0.2, 0) is 0 Å². The van der Waals surface area contributed by atoms with Gasteiger partial charge in [0.25, 0.3) is 0 Å². The van der Waals surface area contributed by atoms with Crippen LogP contribution in [0.25, 0.3) is 10.4 Å². The average Bonchev–Trinajstić information content (AvgIpc) is 2.89. The third-order valence-electron chi connectivity index (χ3n) is 5.11. The molecule has 0 aliphatic carbocycles. The van der Waals surface area contributed by atoms with Crippen molar-refractivity contribution in [3.63, 3.8) is 0 Å². The Bertz CT molecular complexity index is 625. The minimum absolute atomic E-state index is 0.261. The minimum Gasteiger partial charge on any atom is -0.356 e. The Balaban J connectivity index is 1.63. The van der Waals surface area contributed by atoms with Crippen LogP contribution in [0.15, 0.2) is 11.2 Å². The summed E-state index contributed by atoms with van der Waals surface area (Å²) in [5.41, 5.74) is 8.38. The van der Waals surface area contributed by atoms with Crippen molar-refractivity contribution in [2.75, 3.05) is 36.4 Å². The molecule has 2 aliphatic heterocycles. The molecule has 26 heavy (non-hydrogen) atoms. The van der Waals surface area contributed by atoms with Crippen LogP contribution >= 0.6 is 11.6 Å². The summed E-state index contributed by atoms with van der Waals surface area (Å²) >= 11 is 6.27. The van der Waals surface area contributed by atoms with Gasteiger partial charge in [-0.1, -0.05) is 29.6 Å². The van der Waals surface area contributed by atoms with E-state index in [-0.39, 0.29) is 6.04 Å². The second-order valence-electron chi connectivity index (χ2n) is 6.97. The van der Waals surface area contributed by atoms with Gasteiger partial charge in [-0.2, -0.15) is 4.98 Å². The maximum atomic E-state index is 8.38. The fourth-order valence-electron chi connectivity index (χ4n) is 3.77. The van der Waals surface area contributed by atoms with Crippen molar-refractivity contribution < 1.29 is 0 Å². The lowest BCUT2D eigenvalue weighted by atomic mass is 10.0. The molecule has 2 N–H and O–H groups in total. The molecule has 3 rings (SSSR count). The zero-order valence-electron chi connectivity index (χ0n) is 15.1. The summed E-state index contributed by atoms with van der Waals surface area (Å²) in [7, 11) is 0. The van der Waals surface area contributed by atoms with Gasteiger partial charge in [-0.05, 0) is 44.2 Å². The molecular formula is C17H27ClN8. The maximum absolute atomic E-state index is 8.38. The van der Waals surface area contributed by atoms with Crippen LogP contribution in [-0.4, -0.2) is 48.2 Å². The molecule has 3 heterocycles. The van der Waals surface area contributed by atoms with E-state index in [1.54, 1.807) is 0 Å². The Morgan fingerprint density at radius 2 is 2.12 bits per heavy atom. The number of aromatic nitrogens is 2. The molecule has 0 bridgehead atoms. The van der Waals surface area contributed by atoms with Crippen molar-refractivity contribution >= 4 is 23.4 Å². The summed E-state index contributed by atoms with van der Waals surface area (Å²) in [6.07, 6.45) is 7.80.